The average molecular weight is 281 g/mol. The summed E-state index contributed by atoms with van der Waals surface area (Å²) in [5, 5.41) is 4.70. The van der Waals surface area contributed by atoms with E-state index < -0.39 is 0 Å². The lowest BCUT2D eigenvalue weighted by Crippen LogP contribution is -2.18. The third kappa shape index (κ3) is 2.76. The van der Waals surface area contributed by atoms with Crippen molar-refractivity contribution in [2.24, 2.45) is 0 Å². The molecule has 0 fully saturated rings. The second-order valence-electron chi connectivity index (χ2n) is 5.06. The summed E-state index contributed by atoms with van der Waals surface area (Å²) in [7, 11) is 1.71. The largest absolute Gasteiger partial charge is 0.496 e. The number of hydrogen-bond acceptors (Lipinski definition) is 3. The highest BCUT2D eigenvalue weighted by atomic mass is 16.5. The number of nitrogens with zero attached hydrogens (tertiary/aromatic N) is 1. The van der Waals surface area contributed by atoms with E-state index in [1.54, 1.807) is 13.3 Å². The molecule has 1 aromatic carbocycles. The molecule has 4 heteroatoms. The fraction of sp³-hybridized carbons (Fsp3) is 0.235. The molecule has 21 heavy (non-hydrogen) atoms. The van der Waals surface area contributed by atoms with Gasteiger partial charge in [0.05, 0.1) is 7.11 Å². The number of rotatable bonds is 5. The molecule has 4 nitrogen and oxygen atoms in total. The molecule has 2 aromatic heterocycles. The molecule has 0 aliphatic rings. The smallest absolute Gasteiger partial charge is 0.137 e. The molecule has 0 saturated carbocycles. The van der Waals surface area contributed by atoms with E-state index >= 15 is 0 Å². The van der Waals surface area contributed by atoms with Crippen LogP contribution in [-0.4, -0.2) is 17.1 Å². The molecule has 0 aliphatic carbocycles. The number of aromatic amines is 1. The Bertz CT molecular complexity index is 735. The van der Waals surface area contributed by atoms with Crippen molar-refractivity contribution in [3.63, 3.8) is 0 Å². The van der Waals surface area contributed by atoms with Crippen LogP contribution in [0, 0.1) is 0 Å². The molecule has 0 bridgehead atoms. The number of pyridine rings is 1. The number of aromatic nitrogens is 2. The third-order valence-electron chi connectivity index (χ3n) is 3.74. The van der Waals surface area contributed by atoms with Crippen LogP contribution in [0.3, 0.4) is 0 Å². The summed E-state index contributed by atoms with van der Waals surface area (Å²) in [6.07, 6.45) is 3.81. The molecule has 2 heterocycles. The highest BCUT2D eigenvalue weighted by Gasteiger charge is 2.11. The summed E-state index contributed by atoms with van der Waals surface area (Å²) >= 11 is 0. The minimum Gasteiger partial charge on any atom is -0.496 e. The fourth-order valence-corrected chi connectivity index (χ4v) is 2.56. The van der Waals surface area contributed by atoms with Crippen LogP contribution in [0.1, 0.15) is 24.1 Å². The zero-order valence-corrected chi connectivity index (χ0v) is 12.3. The van der Waals surface area contributed by atoms with Crippen LogP contribution >= 0.6 is 0 Å². The Balaban J connectivity index is 1.75. The highest BCUT2D eigenvalue weighted by Crippen LogP contribution is 2.25. The van der Waals surface area contributed by atoms with Gasteiger partial charge in [0, 0.05) is 35.9 Å². The van der Waals surface area contributed by atoms with E-state index in [9.17, 15) is 0 Å². The van der Waals surface area contributed by atoms with Gasteiger partial charge >= 0.3 is 0 Å². The second kappa shape index (κ2) is 5.97. The molecular formula is C17H19N3O. The Morgan fingerprint density at radius 2 is 2.10 bits per heavy atom. The molecule has 1 atom stereocenters. The normalized spacial score (nSPS) is 12.5. The molecule has 3 rings (SSSR count). The SMILES string of the molecule is COc1ccccc1C(C)NCc1c[nH]c2ncccc12. The van der Waals surface area contributed by atoms with E-state index in [-0.39, 0.29) is 6.04 Å². The van der Waals surface area contributed by atoms with E-state index in [0.29, 0.717) is 0 Å². The Hall–Kier alpha value is -2.33. The van der Waals surface area contributed by atoms with Crippen molar-refractivity contribution in [1.29, 1.82) is 0 Å². The fourth-order valence-electron chi connectivity index (χ4n) is 2.56. The van der Waals surface area contributed by atoms with Gasteiger partial charge in [-0.05, 0) is 30.7 Å². The van der Waals surface area contributed by atoms with Gasteiger partial charge in [0.1, 0.15) is 11.4 Å². The van der Waals surface area contributed by atoms with E-state index in [1.807, 2.05) is 30.5 Å². The van der Waals surface area contributed by atoms with E-state index in [2.05, 4.69) is 34.3 Å². The molecule has 0 spiro atoms. The first-order valence-corrected chi connectivity index (χ1v) is 7.07. The van der Waals surface area contributed by atoms with Gasteiger partial charge in [-0.1, -0.05) is 18.2 Å². The van der Waals surface area contributed by atoms with Crippen molar-refractivity contribution in [2.75, 3.05) is 7.11 Å². The van der Waals surface area contributed by atoms with Crippen molar-refractivity contribution >= 4 is 11.0 Å². The molecular weight excluding hydrogens is 262 g/mol. The number of nitrogens with one attached hydrogen (secondary N) is 2. The monoisotopic (exact) mass is 281 g/mol. The number of ether oxygens (including phenoxy) is 1. The number of methoxy groups -OCH3 is 1. The first-order chi connectivity index (χ1) is 10.3. The highest BCUT2D eigenvalue weighted by molar-refractivity contribution is 5.79. The molecule has 0 saturated heterocycles. The maximum absolute atomic E-state index is 5.42. The van der Waals surface area contributed by atoms with Crippen molar-refractivity contribution in [2.45, 2.75) is 19.5 Å². The quantitative estimate of drug-likeness (QED) is 0.753. The number of fused-ring (bicyclic) bond motifs is 1. The van der Waals surface area contributed by atoms with Crippen LogP contribution in [-0.2, 0) is 6.54 Å². The number of para-hydroxylation sites is 1. The first kappa shape index (κ1) is 13.6. The van der Waals surface area contributed by atoms with Gasteiger partial charge in [-0.15, -0.1) is 0 Å². The summed E-state index contributed by atoms with van der Waals surface area (Å²) in [5.74, 6) is 0.915. The minimum atomic E-state index is 0.211. The maximum Gasteiger partial charge on any atom is 0.137 e. The number of hydrogen-bond donors (Lipinski definition) is 2. The van der Waals surface area contributed by atoms with Gasteiger partial charge < -0.3 is 15.0 Å². The number of benzene rings is 1. The summed E-state index contributed by atoms with van der Waals surface area (Å²) in [5.41, 5.74) is 3.32. The lowest BCUT2D eigenvalue weighted by Gasteiger charge is -2.17. The molecule has 0 radical (unpaired) electrons. The van der Waals surface area contributed by atoms with Crippen molar-refractivity contribution < 1.29 is 4.74 Å². The van der Waals surface area contributed by atoms with E-state index in [1.165, 1.54) is 5.56 Å². The van der Waals surface area contributed by atoms with Gasteiger partial charge in [-0.2, -0.15) is 0 Å². The lowest BCUT2D eigenvalue weighted by atomic mass is 10.1. The Kier molecular flexibility index (Phi) is 3.88. The maximum atomic E-state index is 5.42. The van der Waals surface area contributed by atoms with Crippen LogP contribution in [0.5, 0.6) is 5.75 Å². The zero-order valence-electron chi connectivity index (χ0n) is 12.3. The van der Waals surface area contributed by atoms with Crippen molar-refractivity contribution in [3.8, 4) is 5.75 Å². The van der Waals surface area contributed by atoms with Crippen molar-refractivity contribution in [1.82, 2.24) is 15.3 Å². The van der Waals surface area contributed by atoms with E-state index in [4.69, 9.17) is 4.74 Å². The molecule has 2 N–H and O–H groups in total. The summed E-state index contributed by atoms with van der Waals surface area (Å²) in [4.78, 5) is 7.51. The second-order valence-corrected chi connectivity index (χ2v) is 5.06. The summed E-state index contributed by atoms with van der Waals surface area (Å²) < 4.78 is 5.42. The summed E-state index contributed by atoms with van der Waals surface area (Å²) in [6, 6.07) is 12.4. The average Bonchev–Trinajstić information content (AvgIpc) is 2.96. The Morgan fingerprint density at radius 3 is 2.95 bits per heavy atom. The molecule has 0 aliphatic heterocycles. The molecule has 108 valence electrons. The van der Waals surface area contributed by atoms with Crippen LogP contribution in [0.4, 0.5) is 0 Å². The van der Waals surface area contributed by atoms with Crippen LogP contribution in [0.2, 0.25) is 0 Å². The molecule has 0 amide bonds. The summed E-state index contributed by atoms with van der Waals surface area (Å²) in [6.45, 7) is 2.93. The third-order valence-corrected chi connectivity index (χ3v) is 3.74. The standard InChI is InChI=1S/C17H19N3O/c1-12(14-6-3-4-8-16(14)21-2)19-10-13-11-20-17-15(13)7-5-9-18-17/h3-9,11-12,19H,10H2,1-2H3,(H,18,20). The molecule has 3 aromatic rings. The zero-order chi connectivity index (χ0) is 14.7. The van der Waals surface area contributed by atoms with Gasteiger partial charge in [0.25, 0.3) is 0 Å². The van der Waals surface area contributed by atoms with Gasteiger partial charge in [0.15, 0.2) is 0 Å². The lowest BCUT2D eigenvalue weighted by molar-refractivity contribution is 0.401. The van der Waals surface area contributed by atoms with Crippen LogP contribution in [0.25, 0.3) is 11.0 Å². The van der Waals surface area contributed by atoms with E-state index in [0.717, 1.165) is 28.9 Å². The van der Waals surface area contributed by atoms with Gasteiger partial charge in [-0.25, -0.2) is 4.98 Å². The van der Waals surface area contributed by atoms with Gasteiger partial charge in [0.2, 0.25) is 0 Å². The first-order valence-electron chi connectivity index (χ1n) is 7.07. The Morgan fingerprint density at radius 1 is 1.24 bits per heavy atom. The van der Waals surface area contributed by atoms with Gasteiger partial charge in [-0.3, -0.25) is 0 Å². The topological polar surface area (TPSA) is 49.9 Å². The van der Waals surface area contributed by atoms with Crippen LogP contribution in [0.15, 0.2) is 48.8 Å². The predicted octanol–water partition coefficient (Wildman–Crippen LogP) is 3.42. The van der Waals surface area contributed by atoms with Crippen LogP contribution < -0.4 is 10.1 Å². The van der Waals surface area contributed by atoms with Crippen molar-refractivity contribution in [3.05, 3.63) is 59.9 Å². The minimum absolute atomic E-state index is 0.211. The number of H-pyrrole nitrogens is 1. The predicted molar refractivity (Wildman–Crippen MR) is 84.3 cm³/mol. The Labute approximate surface area is 124 Å². The molecule has 1 unspecified atom stereocenters.